The number of aryl methyl sites for hydroxylation is 1. The zero-order valence-corrected chi connectivity index (χ0v) is 15.3. The first-order valence-electron chi connectivity index (χ1n) is 8.09. The largest absolute Gasteiger partial charge is 0.497 e. The van der Waals surface area contributed by atoms with Gasteiger partial charge in [-0.1, -0.05) is 0 Å². The van der Waals surface area contributed by atoms with E-state index in [4.69, 9.17) is 4.74 Å². The van der Waals surface area contributed by atoms with E-state index < -0.39 is 5.82 Å². The predicted molar refractivity (Wildman–Crippen MR) is 98.4 cm³/mol. The Hall–Kier alpha value is -2.20. The molecule has 0 radical (unpaired) electrons. The molecule has 0 N–H and O–H groups in total. The van der Waals surface area contributed by atoms with E-state index in [2.05, 4.69) is 9.24 Å². The number of pyridine rings is 1. The number of anilines is 1. The van der Waals surface area contributed by atoms with E-state index in [0.29, 0.717) is 28.8 Å². The second kappa shape index (κ2) is 6.96. The van der Waals surface area contributed by atoms with Gasteiger partial charge < -0.3 is 14.2 Å². The van der Waals surface area contributed by atoms with Crippen LogP contribution in [0.15, 0.2) is 35.3 Å². The van der Waals surface area contributed by atoms with Crippen LogP contribution >= 0.6 is 9.24 Å². The number of methoxy groups -OCH3 is 1. The molecule has 1 aromatic carbocycles. The van der Waals surface area contributed by atoms with Crippen molar-refractivity contribution in [3.05, 3.63) is 52.2 Å². The highest BCUT2D eigenvalue weighted by Crippen LogP contribution is 2.33. The van der Waals surface area contributed by atoms with E-state index in [0.717, 1.165) is 0 Å². The fraction of sp³-hybridized carbons (Fsp3) is 0.333. The van der Waals surface area contributed by atoms with Gasteiger partial charge in [0.05, 0.1) is 7.11 Å². The van der Waals surface area contributed by atoms with Gasteiger partial charge in [-0.25, -0.2) is 4.39 Å². The summed E-state index contributed by atoms with van der Waals surface area (Å²) in [6.45, 7) is 2.68. The smallest absolute Gasteiger partial charge is 0.274 e. The molecule has 1 aliphatic heterocycles. The van der Waals surface area contributed by atoms with E-state index in [1.807, 2.05) is 6.92 Å². The molecular formula is C18H20FN2O3P. The SMILES string of the molecule is CCn1cccc(N2C[C@@H](c3c(F)cc(OC)cc3P)CC2=O)c1=O. The highest BCUT2D eigenvalue weighted by molar-refractivity contribution is 7.27. The fourth-order valence-corrected chi connectivity index (χ4v) is 3.81. The van der Waals surface area contributed by atoms with Crippen LogP contribution in [0.4, 0.5) is 10.1 Å². The highest BCUT2D eigenvalue weighted by atomic mass is 31.0. The topological polar surface area (TPSA) is 51.5 Å². The lowest BCUT2D eigenvalue weighted by atomic mass is 9.97. The maximum atomic E-state index is 14.5. The van der Waals surface area contributed by atoms with Gasteiger partial charge in [0, 0.05) is 43.3 Å². The van der Waals surface area contributed by atoms with Gasteiger partial charge in [-0.15, -0.1) is 9.24 Å². The number of hydrogen-bond donors (Lipinski definition) is 0. The fourth-order valence-electron chi connectivity index (χ4n) is 3.27. The Balaban J connectivity index is 1.95. The number of carbonyl (C=O) groups excluding carboxylic acids is 1. The number of benzene rings is 1. The number of rotatable bonds is 4. The standard InChI is InChI=1S/C18H20FN2O3P/c1-3-20-6-4-5-14(18(20)23)21-10-11(7-16(21)22)17-13(19)8-12(24-2)9-15(17)25/h4-6,8-9,11H,3,7,10,25H2,1-2H3/t11-/m0/s1. The van der Waals surface area contributed by atoms with E-state index >= 15 is 0 Å². The summed E-state index contributed by atoms with van der Waals surface area (Å²) in [4.78, 5) is 26.4. The van der Waals surface area contributed by atoms with E-state index in [9.17, 15) is 14.0 Å². The molecule has 1 saturated heterocycles. The van der Waals surface area contributed by atoms with Crippen molar-refractivity contribution >= 4 is 26.1 Å². The van der Waals surface area contributed by atoms with Crippen molar-refractivity contribution in [2.45, 2.75) is 25.8 Å². The lowest BCUT2D eigenvalue weighted by molar-refractivity contribution is -0.117. The van der Waals surface area contributed by atoms with E-state index in [-0.39, 0.29) is 30.3 Å². The summed E-state index contributed by atoms with van der Waals surface area (Å²) in [6, 6.07) is 6.43. The summed E-state index contributed by atoms with van der Waals surface area (Å²) in [6.07, 6.45) is 1.86. The molecule has 1 unspecified atom stereocenters. The van der Waals surface area contributed by atoms with Crippen LogP contribution in [0.5, 0.6) is 5.75 Å². The van der Waals surface area contributed by atoms with Crippen molar-refractivity contribution in [2.75, 3.05) is 18.6 Å². The molecule has 25 heavy (non-hydrogen) atoms. The maximum absolute atomic E-state index is 14.5. The molecule has 2 heterocycles. The van der Waals surface area contributed by atoms with Gasteiger partial charge in [0.15, 0.2) is 0 Å². The molecular weight excluding hydrogens is 342 g/mol. The zero-order chi connectivity index (χ0) is 18.1. The Bertz CT molecular complexity index is 858. The molecule has 1 aromatic heterocycles. The number of nitrogens with zero attached hydrogens (tertiary/aromatic N) is 2. The number of amides is 1. The van der Waals surface area contributed by atoms with Gasteiger partial charge in [-0.3, -0.25) is 9.59 Å². The zero-order valence-electron chi connectivity index (χ0n) is 14.2. The molecule has 1 fully saturated rings. The van der Waals surface area contributed by atoms with Gasteiger partial charge in [-0.05, 0) is 30.4 Å². The van der Waals surface area contributed by atoms with Crippen LogP contribution in [0.2, 0.25) is 0 Å². The molecule has 0 spiro atoms. The van der Waals surface area contributed by atoms with Crippen LogP contribution in [-0.2, 0) is 11.3 Å². The minimum Gasteiger partial charge on any atom is -0.497 e. The number of halogens is 1. The van der Waals surface area contributed by atoms with Crippen LogP contribution < -0.4 is 20.5 Å². The second-order valence-corrected chi connectivity index (χ2v) is 6.62. The molecule has 7 heteroatoms. The van der Waals surface area contributed by atoms with E-state index in [1.54, 1.807) is 29.0 Å². The van der Waals surface area contributed by atoms with Crippen molar-refractivity contribution in [3.8, 4) is 5.75 Å². The minimum atomic E-state index is -0.400. The first-order chi connectivity index (χ1) is 12.0. The molecule has 132 valence electrons. The number of aromatic nitrogens is 1. The van der Waals surface area contributed by atoms with Crippen molar-refractivity contribution < 1.29 is 13.9 Å². The number of hydrogen-bond acceptors (Lipinski definition) is 3. The Morgan fingerprint density at radius 3 is 2.76 bits per heavy atom. The average molecular weight is 362 g/mol. The van der Waals surface area contributed by atoms with Crippen LogP contribution in [0, 0.1) is 5.82 Å². The Kier molecular flexibility index (Phi) is 4.91. The predicted octanol–water partition coefficient (Wildman–Crippen LogP) is 2.04. The monoisotopic (exact) mass is 362 g/mol. The Labute approximate surface area is 147 Å². The van der Waals surface area contributed by atoms with Crippen molar-refractivity contribution in [1.82, 2.24) is 4.57 Å². The third-order valence-corrected chi connectivity index (χ3v) is 5.01. The summed E-state index contributed by atoms with van der Waals surface area (Å²) < 4.78 is 21.1. The molecule has 0 saturated carbocycles. The number of carbonyl (C=O) groups is 1. The Morgan fingerprint density at radius 1 is 1.36 bits per heavy atom. The van der Waals surface area contributed by atoms with Gasteiger partial charge >= 0.3 is 0 Å². The van der Waals surface area contributed by atoms with Gasteiger partial charge in [0.25, 0.3) is 5.56 Å². The minimum absolute atomic E-state index is 0.171. The second-order valence-electron chi connectivity index (χ2n) is 6.00. The average Bonchev–Trinajstić information content (AvgIpc) is 2.95. The molecule has 1 amide bonds. The van der Waals surface area contributed by atoms with Crippen molar-refractivity contribution in [1.29, 1.82) is 0 Å². The molecule has 2 atom stereocenters. The molecule has 3 rings (SSSR count). The Morgan fingerprint density at radius 2 is 2.12 bits per heavy atom. The first-order valence-corrected chi connectivity index (χ1v) is 8.66. The number of ether oxygens (including phenoxy) is 1. The molecule has 0 aliphatic carbocycles. The van der Waals surface area contributed by atoms with Crippen LogP contribution in [0.3, 0.4) is 0 Å². The quantitative estimate of drug-likeness (QED) is 0.782. The molecule has 0 bridgehead atoms. The van der Waals surface area contributed by atoms with Crippen LogP contribution in [0.25, 0.3) is 0 Å². The molecule has 5 nitrogen and oxygen atoms in total. The lowest BCUT2D eigenvalue weighted by Gasteiger charge is -2.18. The van der Waals surface area contributed by atoms with Gasteiger partial charge in [-0.2, -0.15) is 0 Å². The maximum Gasteiger partial charge on any atom is 0.274 e. The third kappa shape index (κ3) is 3.19. The summed E-state index contributed by atoms with van der Waals surface area (Å²) in [7, 11) is 3.98. The van der Waals surface area contributed by atoms with Crippen molar-refractivity contribution in [3.63, 3.8) is 0 Å². The van der Waals surface area contributed by atoms with Gasteiger partial charge in [0.2, 0.25) is 5.91 Å². The third-order valence-electron chi connectivity index (χ3n) is 4.54. The van der Waals surface area contributed by atoms with Crippen LogP contribution in [0.1, 0.15) is 24.8 Å². The molecule has 2 aromatic rings. The molecule has 1 aliphatic rings. The first kappa shape index (κ1) is 17.6. The highest BCUT2D eigenvalue weighted by Gasteiger charge is 2.35. The van der Waals surface area contributed by atoms with E-state index in [1.165, 1.54) is 18.1 Å². The summed E-state index contributed by atoms with van der Waals surface area (Å²) >= 11 is 0. The van der Waals surface area contributed by atoms with Gasteiger partial charge in [0.1, 0.15) is 17.3 Å². The lowest BCUT2D eigenvalue weighted by Crippen LogP contribution is -2.33. The van der Waals surface area contributed by atoms with Crippen molar-refractivity contribution in [2.24, 2.45) is 0 Å². The van der Waals surface area contributed by atoms with Crippen LogP contribution in [-0.4, -0.2) is 24.1 Å². The normalized spacial score (nSPS) is 17.2. The summed E-state index contributed by atoms with van der Waals surface area (Å²) in [5.41, 5.74) is 0.616. The summed E-state index contributed by atoms with van der Waals surface area (Å²) in [5, 5.41) is 0.663. The summed E-state index contributed by atoms with van der Waals surface area (Å²) in [5.74, 6) is -0.444.